The third-order valence-electron chi connectivity index (χ3n) is 4.61. The second-order valence-corrected chi connectivity index (χ2v) is 5.86. The number of aliphatic imine (C=N–C) groups is 1. The molecule has 0 amide bonds. The van der Waals surface area contributed by atoms with Crippen LogP contribution < -0.4 is 0 Å². The first kappa shape index (κ1) is 14.0. The van der Waals surface area contributed by atoms with E-state index in [1.54, 1.807) is 0 Å². The number of morpholine rings is 1. The van der Waals surface area contributed by atoms with Crippen LogP contribution in [0.4, 0.5) is 0 Å². The lowest BCUT2D eigenvalue weighted by Gasteiger charge is -2.33. The standard InChI is InChI=1S/C16H23N2O2/c1-3-13-11(2)17-14-5-4-12(16(19)15(13)14)10-18-6-8-20-9-7-18/h12H,3-10H2,1-2H3. The summed E-state index contributed by atoms with van der Waals surface area (Å²) in [5.74, 6) is 0.477. The smallest absolute Gasteiger partial charge is 0.166 e. The van der Waals surface area contributed by atoms with Crippen molar-refractivity contribution < 1.29 is 9.53 Å². The summed E-state index contributed by atoms with van der Waals surface area (Å²) in [5, 5.41) is 0. The van der Waals surface area contributed by atoms with Crippen LogP contribution in [0.15, 0.2) is 16.1 Å². The molecule has 0 N–H and O–H groups in total. The number of ether oxygens (including phenoxy) is 1. The van der Waals surface area contributed by atoms with Gasteiger partial charge in [-0.1, -0.05) is 6.92 Å². The second kappa shape index (κ2) is 5.78. The van der Waals surface area contributed by atoms with Crippen LogP contribution in [0.1, 0.15) is 33.1 Å². The molecule has 1 atom stereocenters. The lowest BCUT2D eigenvalue weighted by Crippen LogP contribution is -2.42. The van der Waals surface area contributed by atoms with Crippen molar-refractivity contribution in [3.63, 3.8) is 0 Å². The highest BCUT2D eigenvalue weighted by atomic mass is 16.5. The first-order valence-corrected chi connectivity index (χ1v) is 7.70. The molecule has 1 radical (unpaired) electrons. The van der Waals surface area contributed by atoms with Crippen molar-refractivity contribution in [1.82, 2.24) is 4.90 Å². The van der Waals surface area contributed by atoms with Crippen molar-refractivity contribution in [3.8, 4) is 0 Å². The number of ketones is 1. The average Bonchev–Trinajstić information content (AvgIpc) is 2.79. The van der Waals surface area contributed by atoms with Gasteiger partial charge in [0.05, 0.1) is 13.2 Å². The third kappa shape index (κ3) is 2.47. The zero-order valence-electron chi connectivity index (χ0n) is 12.4. The molecule has 2 heterocycles. The summed E-state index contributed by atoms with van der Waals surface area (Å²) >= 11 is 0. The highest BCUT2D eigenvalue weighted by molar-refractivity contribution is 6.14. The lowest BCUT2D eigenvalue weighted by molar-refractivity contribution is -0.121. The van der Waals surface area contributed by atoms with Crippen LogP contribution in [-0.4, -0.2) is 49.2 Å². The van der Waals surface area contributed by atoms with Crippen LogP contribution in [0, 0.1) is 12.0 Å². The Bertz CT molecular complexity index is 461. The topological polar surface area (TPSA) is 41.9 Å². The van der Waals surface area contributed by atoms with E-state index in [1.807, 2.05) is 6.92 Å². The molecule has 1 saturated heterocycles. The first-order valence-electron chi connectivity index (χ1n) is 7.70. The number of hydrogen-bond donors (Lipinski definition) is 0. The van der Waals surface area contributed by atoms with Gasteiger partial charge >= 0.3 is 0 Å². The Morgan fingerprint density at radius 2 is 2.10 bits per heavy atom. The number of fused-ring (bicyclic) bond motifs is 1. The summed E-state index contributed by atoms with van der Waals surface area (Å²) in [7, 11) is 0. The fourth-order valence-electron chi connectivity index (χ4n) is 3.50. The van der Waals surface area contributed by atoms with Gasteiger partial charge < -0.3 is 4.74 Å². The van der Waals surface area contributed by atoms with E-state index in [0.717, 1.165) is 69.4 Å². The van der Waals surface area contributed by atoms with Gasteiger partial charge in [0, 0.05) is 36.8 Å². The predicted octanol–water partition coefficient (Wildman–Crippen LogP) is 2.01. The molecule has 20 heavy (non-hydrogen) atoms. The molecule has 0 bridgehead atoms. The van der Waals surface area contributed by atoms with Gasteiger partial charge in [0.1, 0.15) is 6.04 Å². The molecule has 0 aromatic heterocycles. The Kier molecular flexibility index (Phi) is 4.03. The van der Waals surface area contributed by atoms with Gasteiger partial charge in [0.25, 0.3) is 0 Å². The van der Waals surface area contributed by atoms with E-state index in [9.17, 15) is 4.79 Å². The number of hydrogen-bond acceptors (Lipinski definition) is 4. The molecular weight excluding hydrogens is 252 g/mol. The molecule has 2 aliphatic heterocycles. The van der Waals surface area contributed by atoms with Crippen molar-refractivity contribution >= 4 is 11.5 Å². The fourth-order valence-corrected chi connectivity index (χ4v) is 3.50. The minimum absolute atomic E-state index is 0.148. The molecule has 109 valence electrons. The predicted molar refractivity (Wildman–Crippen MR) is 78.7 cm³/mol. The molecule has 1 unspecified atom stereocenters. The summed E-state index contributed by atoms with van der Waals surface area (Å²) in [4.78, 5) is 19.8. The van der Waals surface area contributed by atoms with E-state index in [2.05, 4.69) is 16.8 Å². The van der Waals surface area contributed by atoms with Crippen molar-refractivity contribution in [3.05, 3.63) is 17.2 Å². The van der Waals surface area contributed by atoms with Crippen LogP contribution in [0.25, 0.3) is 0 Å². The van der Waals surface area contributed by atoms with E-state index in [-0.39, 0.29) is 5.92 Å². The molecule has 0 spiro atoms. The van der Waals surface area contributed by atoms with E-state index in [4.69, 9.17) is 4.74 Å². The molecular formula is C16H23N2O2. The van der Waals surface area contributed by atoms with Crippen molar-refractivity contribution in [1.29, 1.82) is 0 Å². The maximum atomic E-state index is 12.8. The number of carbonyl (C=O) groups is 1. The van der Waals surface area contributed by atoms with Crippen LogP contribution >= 0.6 is 0 Å². The largest absolute Gasteiger partial charge is 0.379 e. The van der Waals surface area contributed by atoms with Crippen molar-refractivity contribution in [2.45, 2.75) is 33.1 Å². The van der Waals surface area contributed by atoms with Gasteiger partial charge in [-0.05, 0) is 31.8 Å². The Balaban J connectivity index is 1.73. The Hall–Kier alpha value is -1.000. The molecule has 1 saturated carbocycles. The van der Waals surface area contributed by atoms with Gasteiger partial charge in [-0.2, -0.15) is 0 Å². The number of nitrogens with zero attached hydrogens (tertiary/aromatic N) is 2. The molecule has 0 aromatic rings. The van der Waals surface area contributed by atoms with Crippen LogP contribution in [0.3, 0.4) is 0 Å². The molecule has 4 nitrogen and oxygen atoms in total. The number of rotatable bonds is 3. The second-order valence-electron chi connectivity index (χ2n) is 5.86. The van der Waals surface area contributed by atoms with E-state index in [0.29, 0.717) is 5.78 Å². The summed E-state index contributed by atoms with van der Waals surface area (Å²) < 4.78 is 5.38. The normalized spacial score (nSPS) is 28.8. The van der Waals surface area contributed by atoms with Gasteiger partial charge in [-0.15, -0.1) is 0 Å². The van der Waals surface area contributed by atoms with Crippen molar-refractivity contribution in [2.24, 2.45) is 10.9 Å². The molecule has 4 heteroatoms. The summed E-state index contributed by atoms with van der Waals surface area (Å²) in [6.07, 6.45) is 2.81. The zero-order valence-corrected chi connectivity index (χ0v) is 12.4. The maximum Gasteiger partial charge on any atom is 0.166 e. The van der Waals surface area contributed by atoms with Gasteiger partial charge in [0.2, 0.25) is 0 Å². The van der Waals surface area contributed by atoms with E-state index < -0.39 is 0 Å². The highest BCUT2D eigenvalue weighted by Gasteiger charge is 2.39. The molecule has 1 aliphatic carbocycles. The molecule has 2 fully saturated rings. The lowest BCUT2D eigenvalue weighted by atomic mass is 9.79. The molecule has 3 rings (SSSR count). The fraction of sp³-hybridized carbons (Fsp3) is 0.688. The van der Waals surface area contributed by atoms with E-state index in [1.165, 1.54) is 5.57 Å². The Morgan fingerprint density at radius 3 is 2.80 bits per heavy atom. The molecule has 0 aromatic carbocycles. The number of Topliss-reactive ketones (excluding diaryl/α,β-unsaturated/α-hetero) is 1. The van der Waals surface area contributed by atoms with Crippen LogP contribution in [0.5, 0.6) is 0 Å². The Morgan fingerprint density at radius 1 is 1.35 bits per heavy atom. The molecule has 3 aliphatic rings. The van der Waals surface area contributed by atoms with Gasteiger partial charge in [-0.3, -0.25) is 14.7 Å². The quantitative estimate of drug-likeness (QED) is 0.791. The van der Waals surface area contributed by atoms with Crippen LogP contribution in [-0.2, 0) is 9.53 Å². The SMILES string of the molecule is CCC1=C2[C](CCC(CN3CCOCC3)C2=O)N=C1C. The highest BCUT2D eigenvalue weighted by Crippen LogP contribution is 2.40. The average molecular weight is 275 g/mol. The first-order chi connectivity index (χ1) is 9.70. The maximum absolute atomic E-state index is 12.8. The minimum atomic E-state index is 0.148. The van der Waals surface area contributed by atoms with Gasteiger partial charge in [-0.25, -0.2) is 0 Å². The zero-order chi connectivity index (χ0) is 14.1. The Labute approximate surface area is 120 Å². The summed E-state index contributed by atoms with van der Waals surface area (Å²) in [5.41, 5.74) is 3.18. The summed E-state index contributed by atoms with van der Waals surface area (Å²) in [6, 6.07) is 1.04. The van der Waals surface area contributed by atoms with Crippen molar-refractivity contribution in [2.75, 3.05) is 32.8 Å². The summed E-state index contributed by atoms with van der Waals surface area (Å²) in [6.45, 7) is 8.53. The monoisotopic (exact) mass is 275 g/mol. The number of allylic oxidation sites excluding steroid dienone is 1. The number of carbonyl (C=O) groups excluding carboxylic acids is 1. The minimum Gasteiger partial charge on any atom is -0.379 e. The van der Waals surface area contributed by atoms with Crippen LogP contribution in [0.2, 0.25) is 0 Å². The van der Waals surface area contributed by atoms with Gasteiger partial charge in [0.15, 0.2) is 5.78 Å². The van der Waals surface area contributed by atoms with E-state index >= 15 is 0 Å². The third-order valence-corrected chi connectivity index (χ3v) is 4.61.